The van der Waals surface area contributed by atoms with Crippen molar-refractivity contribution in [2.45, 2.75) is 30.7 Å². The molecule has 37 heavy (non-hydrogen) atoms. The van der Waals surface area contributed by atoms with E-state index in [9.17, 15) is 16.8 Å². The molecule has 192 valence electrons. The van der Waals surface area contributed by atoms with Gasteiger partial charge in [0.05, 0.1) is 28.4 Å². The highest BCUT2D eigenvalue weighted by atomic mass is 32.2. The summed E-state index contributed by atoms with van der Waals surface area (Å²) in [5, 5.41) is 0.608. The van der Waals surface area contributed by atoms with Crippen LogP contribution < -0.4 is 0 Å². The number of imidazole rings is 2. The van der Waals surface area contributed by atoms with Crippen molar-refractivity contribution in [2.75, 3.05) is 18.8 Å². The summed E-state index contributed by atoms with van der Waals surface area (Å²) in [4.78, 5) is 16.9. The van der Waals surface area contributed by atoms with Gasteiger partial charge in [0.25, 0.3) is 10.0 Å². The highest BCUT2D eigenvalue weighted by Gasteiger charge is 2.35. The Kier molecular flexibility index (Phi) is 5.66. The van der Waals surface area contributed by atoms with Crippen LogP contribution >= 0.6 is 0 Å². The van der Waals surface area contributed by atoms with Gasteiger partial charge in [-0.15, -0.1) is 0 Å². The number of H-pyrrole nitrogens is 1. The molecular weight excluding hydrogens is 514 g/mol. The van der Waals surface area contributed by atoms with E-state index in [0.717, 1.165) is 0 Å². The molecular formula is C24H25N7O4S2. The maximum atomic E-state index is 13.4. The van der Waals surface area contributed by atoms with Crippen molar-refractivity contribution in [3.05, 3.63) is 61.2 Å². The van der Waals surface area contributed by atoms with Gasteiger partial charge in [-0.3, -0.25) is 0 Å². The molecule has 5 aromatic rings. The highest BCUT2D eigenvalue weighted by Crippen LogP contribution is 2.36. The zero-order valence-corrected chi connectivity index (χ0v) is 21.7. The lowest BCUT2D eigenvalue weighted by Gasteiger charge is -2.18. The molecule has 0 bridgehead atoms. The Bertz CT molecular complexity index is 1810. The van der Waals surface area contributed by atoms with Crippen molar-refractivity contribution in [3.63, 3.8) is 0 Å². The quantitative estimate of drug-likeness (QED) is 0.336. The molecule has 0 amide bonds. The maximum absolute atomic E-state index is 13.4. The van der Waals surface area contributed by atoms with E-state index in [2.05, 4.69) is 15.0 Å². The van der Waals surface area contributed by atoms with Crippen LogP contribution in [0.15, 0.2) is 66.1 Å². The number of sulfonamides is 1. The number of aromatic amines is 1. The van der Waals surface area contributed by atoms with Crippen LogP contribution in [0.1, 0.15) is 25.8 Å². The Hall–Kier alpha value is -3.55. The Morgan fingerprint density at radius 3 is 2.62 bits per heavy atom. The number of pyridine rings is 1. The maximum Gasteiger partial charge on any atom is 0.269 e. The summed E-state index contributed by atoms with van der Waals surface area (Å²) in [5.74, 6) is 1.19. The first-order valence-corrected chi connectivity index (χ1v) is 15.0. The first-order chi connectivity index (χ1) is 17.8. The lowest BCUT2D eigenvalue weighted by atomic mass is 10.2. The number of nitrogens with zero attached hydrogens (tertiary/aromatic N) is 6. The first kappa shape index (κ1) is 23.8. The lowest BCUT2D eigenvalue weighted by Crippen LogP contribution is -2.31. The van der Waals surface area contributed by atoms with Crippen molar-refractivity contribution in [2.24, 2.45) is 0 Å². The van der Waals surface area contributed by atoms with Crippen LogP contribution in [-0.2, 0) is 20.0 Å². The number of hydrogen-bond donors (Lipinski definition) is 1. The minimum Gasteiger partial charge on any atom is -0.342 e. The molecule has 0 aliphatic carbocycles. The number of rotatable bonds is 7. The molecule has 1 aromatic carbocycles. The second-order valence-corrected chi connectivity index (χ2v) is 12.9. The number of benzene rings is 1. The third kappa shape index (κ3) is 3.85. The van der Waals surface area contributed by atoms with Crippen LogP contribution in [0.5, 0.6) is 0 Å². The fourth-order valence-corrected chi connectivity index (χ4v) is 7.90. The topological polar surface area (TPSA) is 136 Å². The van der Waals surface area contributed by atoms with E-state index < -0.39 is 20.0 Å². The van der Waals surface area contributed by atoms with Crippen LogP contribution in [0.2, 0.25) is 0 Å². The first-order valence-electron chi connectivity index (χ1n) is 12.0. The Balaban J connectivity index is 1.55. The van der Waals surface area contributed by atoms with Crippen LogP contribution in [0.3, 0.4) is 0 Å². The van der Waals surface area contributed by atoms with Gasteiger partial charge in [0.15, 0.2) is 17.3 Å². The van der Waals surface area contributed by atoms with Gasteiger partial charge in [0, 0.05) is 37.1 Å². The monoisotopic (exact) mass is 539 g/mol. The van der Waals surface area contributed by atoms with E-state index in [1.165, 1.54) is 14.5 Å². The van der Waals surface area contributed by atoms with Crippen molar-refractivity contribution in [3.8, 4) is 11.6 Å². The van der Waals surface area contributed by atoms with Crippen molar-refractivity contribution in [1.82, 2.24) is 32.8 Å². The molecule has 6 rings (SSSR count). The van der Waals surface area contributed by atoms with E-state index in [-0.39, 0.29) is 22.3 Å². The minimum atomic E-state index is -3.88. The van der Waals surface area contributed by atoms with E-state index in [1.54, 1.807) is 55.0 Å². The van der Waals surface area contributed by atoms with Gasteiger partial charge in [0.2, 0.25) is 10.0 Å². The third-order valence-electron chi connectivity index (χ3n) is 6.69. The summed E-state index contributed by atoms with van der Waals surface area (Å²) in [6.45, 7) is 2.55. The predicted molar refractivity (Wildman–Crippen MR) is 139 cm³/mol. The highest BCUT2D eigenvalue weighted by molar-refractivity contribution is 7.90. The smallest absolute Gasteiger partial charge is 0.269 e. The molecule has 1 unspecified atom stereocenters. The van der Waals surface area contributed by atoms with Gasteiger partial charge in [-0.2, -0.15) is 4.31 Å². The van der Waals surface area contributed by atoms with Gasteiger partial charge in [-0.05, 0) is 31.0 Å². The molecule has 4 aromatic heterocycles. The van der Waals surface area contributed by atoms with Gasteiger partial charge in [-0.1, -0.05) is 25.1 Å². The molecule has 0 saturated carbocycles. The van der Waals surface area contributed by atoms with E-state index in [0.29, 0.717) is 54.0 Å². The van der Waals surface area contributed by atoms with Gasteiger partial charge in [0.1, 0.15) is 5.52 Å². The second-order valence-electron chi connectivity index (χ2n) is 9.02. The molecule has 1 N–H and O–H groups in total. The summed E-state index contributed by atoms with van der Waals surface area (Å²) in [5.41, 5.74) is 1.54. The van der Waals surface area contributed by atoms with Crippen molar-refractivity contribution >= 4 is 42.1 Å². The lowest BCUT2D eigenvalue weighted by molar-refractivity contribution is 0.455. The molecule has 1 aliphatic rings. The van der Waals surface area contributed by atoms with Crippen molar-refractivity contribution in [1.29, 1.82) is 0 Å². The molecule has 1 atom stereocenters. The molecule has 5 heterocycles. The summed E-state index contributed by atoms with van der Waals surface area (Å²) in [6, 6.07) is 9.70. The average molecular weight is 540 g/mol. The van der Waals surface area contributed by atoms with Gasteiger partial charge in [-0.25, -0.2) is 35.8 Å². The zero-order chi connectivity index (χ0) is 25.8. The van der Waals surface area contributed by atoms with E-state index in [1.807, 2.05) is 11.5 Å². The number of aromatic nitrogens is 6. The Morgan fingerprint density at radius 1 is 1.08 bits per heavy atom. The average Bonchev–Trinajstić information content (AvgIpc) is 3.68. The Morgan fingerprint density at radius 2 is 1.89 bits per heavy atom. The molecule has 0 spiro atoms. The molecule has 1 aliphatic heterocycles. The van der Waals surface area contributed by atoms with Crippen molar-refractivity contribution < 1.29 is 16.8 Å². The second kappa shape index (κ2) is 8.78. The number of hydrogen-bond acceptors (Lipinski definition) is 7. The standard InChI is InChI=1S/C24H25N7O4S2/c1-2-14-36(32,33)29-12-8-17(16-29)31-21-19-9-13-30(37(34,35)18-6-4-3-5-7-18)23(19)27-15-20(21)28-24(31)22-25-10-11-26-22/h3-7,9-11,13,15,17H,2,8,12,14,16H2,1H3,(H,25,26). The minimum absolute atomic E-state index is 0.101. The summed E-state index contributed by atoms with van der Waals surface area (Å²) < 4.78 is 57.1. The third-order valence-corrected chi connectivity index (χ3v) is 10.4. The largest absolute Gasteiger partial charge is 0.342 e. The number of nitrogens with one attached hydrogen (secondary N) is 1. The van der Waals surface area contributed by atoms with Crippen LogP contribution in [0, 0.1) is 0 Å². The molecule has 1 saturated heterocycles. The van der Waals surface area contributed by atoms with E-state index in [4.69, 9.17) is 4.98 Å². The molecule has 11 nitrogen and oxygen atoms in total. The summed E-state index contributed by atoms with van der Waals surface area (Å²) >= 11 is 0. The fourth-order valence-electron chi connectivity index (χ4n) is 5.02. The summed E-state index contributed by atoms with van der Waals surface area (Å²) in [7, 11) is -7.24. The fraction of sp³-hybridized carbons (Fsp3) is 0.292. The molecule has 0 radical (unpaired) electrons. The van der Waals surface area contributed by atoms with Crippen LogP contribution in [0.25, 0.3) is 33.7 Å². The van der Waals surface area contributed by atoms with Gasteiger partial charge >= 0.3 is 0 Å². The van der Waals surface area contributed by atoms with Crippen LogP contribution in [-0.4, -0.2) is 68.5 Å². The number of fused-ring (bicyclic) bond motifs is 3. The Labute approximate surface area is 213 Å². The van der Waals surface area contributed by atoms with E-state index >= 15 is 0 Å². The molecule has 13 heteroatoms. The summed E-state index contributed by atoms with van der Waals surface area (Å²) in [6.07, 6.45) is 7.51. The zero-order valence-electron chi connectivity index (χ0n) is 20.0. The van der Waals surface area contributed by atoms with Crippen LogP contribution in [0.4, 0.5) is 0 Å². The predicted octanol–water partition coefficient (Wildman–Crippen LogP) is 3.00. The van der Waals surface area contributed by atoms with Gasteiger partial charge < -0.3 is 9.55 Å². The molecule has 1 fully saturated rings. The normalized spacial score (nSPS) is 17.3. The SMILES string of the molecule is CCCS(=O)(=O)N1CCC(n2c(-c3ncc[nH]3)nc3cnc4c(ccn4S(=O)(=O)c4ccccc4)c32)C1.